The van der Waals surface area contributed by atoms with Crippen LogP contribution in [0.25, 0.3) is 0 Å². The summed E-state index contributed by atoms with van der Waals surface area (Å²) in [7, 11) is 0.830. The summed E-state index contributed by atoms with van der Waals surface area (Å²) in [5, 5.41) is 3.24. The maximum atomic E-state index is 11.3. The predicted molar refractivity (Wildman–Crippen MR) is 72.1 cm³/mol. The first-order valence-corrected chi connectivity index (χ1v) is 8.17. The van der Waals surface area contributed by atoms with E-state index in [0.717, 1.165) is 25.7 Å². The Bertz CT molecular complexity index is 277. The molecule has 0 amide bonds. The molecule has 17 heavy (non-hydrogen) atoms. The summed E-state index contributed by atoms with van der Waals surface area (Å²) in [5.74, 6) is 0.555. The van der Waals surface area contributed by atoms with Gasteiger partial charge in [0, 0.05) is 18.9 Å². The van der Waals surface area contributed by atoms with Crippen LogP contribution in [-0.4, -0.2) is 46.2 Å². The number of sulfone groups is 1. The van der Waals surface area contributed by atoms with Crippen LogP contribution in [0.4, 0.5) is 0 Å². The quantitative estimate of drug-likeness (QED) is 0.652. The zero-order chi connectivity index (χ0) is 13.3. The fourth-order valence-electron chi connectivity index (χ4n) is 1.68. The first-order chi connectivity index (χ1) is 7.95. The molecular formula is C12H27NO3S. The first-order valence-electron chi connectivity index (χ1n) is 6.35. The maximum absolute atomic E-state index is 11.3. The van der Waals surface area contributed by atoms with Crippen molar-refractivity contribution in [2.45, 2.75) is 51.7 Å². The van der Waals surface area contributed by atoms with Gasteiger partial charge in [-0.25, -0.2) is 8.42 Å². The van der Waals surface area contributed by atoms with Crippen LogP contribution >= 0.6 is 0 Å². The van der Waals surface area contributed by atoms with E-state index in [1.54, 1.807) is 14.0 Å². The van der Waals surface area contributed by atoms with E-state index in [-0.39, 0.29) is 11.9 Å². The van der Waals surface area contributed by atoms with Gasteiger partial charge in [0.05, 0.1) is 11.9 Å². The van der Waals surface area contributed by atoms with E-state index in [4.69, 9.17) is 4.74 Å². The average Bonchev–Trinajstić information content (AvgIpc) is 2.32. The number of ether oxygens (including phenoxy) is 1. The molecule has 0 aliphatic rings. The lowest BCUT2D eigenvalue weighted by Crippen LogP contribution is -2.27. The van der Waals surface area contributed by atoms with Gasteiger partial charge in [0.25, 0.3) is 0 Å². The molecule has 4 nitrogen and oxygen atoms in total. The molecule has 104 valence electrons. The molecule has 0 heterocycles. The minimum absolute atomic E-state index is 0.248. The van der Waals surface area contributed by atoms with Gasteiger partial charge in [-0.3, -0.25) is 0 Å². The Morgan fingerprint density at radius 1 is 1.24 bits per heavy atom. The topological polar surface area (TPSA) is 55.4 Å². The molecule has 2 unspecified atom stereocenters. The monoisotopic (exact) mass is 265 g/mol. The summed E-state index contributed by atoms with van der Waals surface area (Å²) in [5.41, 5.74) is 0. The standard InChI is InChI=1S/C12H27NO3S/c1-5-17(14,15)10-6-7-12(13-3)9-8-11(2)16-4/h11-13H,5-10H2,1-4H3. The highest BCUT2D eigenvalue weighted by Gasteiger charge is 2.11. The third-order valence-corrected chi connectivity index (χ3v) is 4.97. The van der Waals surface area contributed by atoms with Gasteiger partial charge in [0.1, 0.15) is 9.84 Å². The molecule has 0 fully saturated rings. The Hall–Kier alpha value is -0.130. The number of methoxy groups -OCH3 is 1. The van der Waals surface area contributed by atoms with E-state index in [1.807, 2.05) is 14.0 Å². The van der Waals surface area contributed by atoms with Gasteiger partial charge in [-0.1, -0.05) is 6.92 Å². The second kappa shape index (κ2) is 8.89. The second-order valence-electron chi connectivity index (χ2n) is 4.49. The van der Waals surface area contributed by atoms with E-state index in [2.05, 4.69) is 5.32 Å². The van der Waals surface area contributed by atoms with Gasteiger partial charge in [0.2, 0.25) is 0 Å². The number of rotatable bonds is 10. The van der Waals surface area contributed by atoms with Gasteiger partial charge in [-0.05, 0) is 39.7 Å². The molecule has 0 saturated heterocycles. The van der Waals surface area contributed by atoms with E-state index >= 15 is 0 Å². The van der Waals surface area contributed by atoms with Gasteiger partial charge >= 0.3 is 0 Å². The SMILES string of the molecule is CCS(=O)(=O)CCCC(CCC(C)OC)NC. The van der Waals surface area contributed by atoms with E-state index < -0.39 is 9.84 Å². The van der Waals surface area contributed by atoms with Crippen molar-refractivity contribution < 1.29 is 13.2 Å². The summed E-state index contributed by atoms with van der Waals surface area (Å²) < 4.78 is 27.9. The Morgan fingerprint density at radius 2 is 1.88 bits per heavy atom. The highest BCUT2D eigenvalue weighted by Crippen LogP contribution is 2.09. The molecule has 0 aromatic carbocycles. The van der Waals surface area contributed by atoms with Crippen LogP contribution in [0.5, 0.6) is 0 Å². The zero-order valence-electron chi connectivity index (χ0n) is 11.5. The minimum atomic E-state index is -2.81. The molecule has 1 N–H and O–H groups in total. The Kier molecular flexibility index (Phi) is 8.82. The Labute approximate surface area is 106 Å². The lowest BCUT2D eigenvalue weighted by molar-refractivity contribution is 0.106. The third-order valence-electron chi connectivity index (χ3n) is 3.18. The van der Waals surface area contributed by atoms with Crippen LogP contribution in [0.15, 0.2) is 0 Å². The summed E-state index contributed by atoms with van der Waals surface area (Å²) in [6, 6.07) is 0.389. The molecule has 0 aliphatic carbocycles. The molecule has 0 bridgehead atoms. The van der Waals surface area contributed by atoms with Crippen molar-refractivity contribution >= 4 is 9.84 Å². The largest absolute Gasteiger partial charge is 0.382 e. The van der Waals surface area contributed by atoms with Crippen molar-refractivity contribution in [3.8, 4) is 0 Å². The second-order valence-corrected chi connectivity index (χ2v) is 6.96. The summed E-state index contributed by atoms with van der Waals surface area (Å²) in [6.45, 7) is 3.75. The Balaban J connectivity index is 3.83. The van der Waals surface area contributed by atoms with Crippen molar-refractivity contribution in [3.05, 3.63) is 0 Å². The molecule has 0 radical (unpaired) electrons. The minimum Gasteiger partial charge on any atom is -0.382 e. The van der Waals surface area contributed by atoms with Crippen LogP contribution in [0.3, 0.4) is 0 Å². The van der Waals surface area contributed by atoms with Crippen LogP contribution in [-0.2, 0) is 14.6 Å². The van der Waals surface area contributed by atoms with Crippen molar-refractivity contribution in [3.63, 3.8) is 0 Å². The van der Waals surface area contributed by atoms with Crippen molar-refractivity contribution in [2.75, 3.05) is 25.7 Å². The number of hydrogen-bond donors (Lipinski definition) is 1. The number of hydrogen-bond acceptors (Lipinski definition) is 4. The molecule has 0 spiro atoms. The fraction of sp³-hybridized carbons (Fsp3) is 1.00. The van der Waals surface area contributed by atoms with Crippen molar-refractivity contribution in [1.82, 2.24) is 5.32 Å². The summed E-state index contributed by atoms with van der Waals surface area (Å²) in [6.07, 6.45) is 3.94. The highest BCUT2D eigenvalue weighted by atomic mass is 32.2. The smallest absolute Gasteiger partial charge is 0.150 e. The van der Waals surface area contributed by atoms with Crippen LogP contribution in [0.2, 0.25) is 0 Å². The van der Waals surface area contributed by atoms with E-state index in [9.17, 15) is 8.42 Å². The first kappa shape index (κ1) is 16.9. The third kappa shape index (κ3) is 8.57. The molecule has 5 heteroatoms. The van der Waals surface area contributed by atoms with Crippen LogP contribution < -0.4 is 5.32 Å². The van der Waals surface area contributed by atoms with Gasteiger partial charge in [0.15, 0.2) is 0 Å². The van der Waals surface area contributed by atoms with Gasteiger partial charge in [-0.15, -0.1) is 0 Å². The molecule has 0 rings (SSSR count). The zero-order valence-corrected chi connectivity index (χ0v) is 12.3. The molecular weight excluding hydrogens is 238 g/mol. The fourth-order valence-corrected chi connectivity index (χ4v) is 2.58. The lowest BCUT2D eigenvalue weighted by Gasteiger charge is -2.18. The number of nitrogens with one attached hydrogen (secondary N) is 1. The normalized spacial score (nSPS) is 15.8. The molecule has 0 saturated carbocycles. The lowest BCUT2D eigenvalue weighted by atomic mass is 10.0. The van der Waals surface area contributed by atoms with Crippen molar-refractivity contribution in [2.24, 2.45) is 0 Å². The van der Waals surface area contributed by atoms with Crippen LogP contribution in [0.1, 0.15) is 39.5 Å². The van der Waals surface area contributed by atoms with E-state index in [1.165, 1.54) is 0 Å². The summed E-state index contributed by atoms with van der Waals surface area (Å²) >= 11 is 0. The molecule has 0 aliphatic heterocycles. The molecule has 2 atom stereocenters. The maximum Gasteiger partial charge on any atom is 0.150 e. The van der Waals surface area contributed by atoms with Crippen molar-refractivity contribution in [1.29, 1.82) is 0 Å². The van der Waals surface area contributed by atoms with Crippen LogP contribution in [0, 0.1) is 0 Å². The molecule has 0 aromatic heterocycles. The molecule has 0 aromatic rings. The van der Waals surface area contributed by atoms with Gasteiger partial charge in [-0.2, -0.15) is 0 Å². The highest BCUT2D eigenvalue weighted by molar-refractivity contribution is 7.91. The average molecular weight is 265 g/mol. The van der Waals surface area contributed by atoms with E-state index in [0.29, 0.717) is 11.8 Å². The Morgan fingerprint density at radius 3 is 2.35 bits per heavy atom. The van der Waals surface area contributed by atoms with Gasteiger partial charge < -0.3 is 10.1 Å². The predicted octanol–water partition coefficient (Wildman–Crippen LogP) is 1.60. The summed E-state index contributed by atoms with van der Waals surface area (Å²) in [4.78, 5) is 0.